The van der Waals surface area contributed by atoms with Crippen LogP contribution in [0.25, 0.3) is 0 Å². The highest BCUT2D eigenvalue weighted by Gasteiger charge is 2.35. The number of ether oxygens (including phenoxy) is 1. The number of likely N-dealkylation sites (tertiary alicyclic amines) is 1. The number of rotatable bonds is 5. The van der Waals surface area contributed by atoms with E-state index in [2.05, 4.69) is 0 Å². The lowest BCUT2D eigenvalue weighted by molar-refractivity contribution is 0.0211. The van der Waals surface area contributed by atoms with Gasteiger partial charge in [0.15, 0.2) is 0 Å². The number of carbonyl (C=O) groups is 1. The highest BCUT2D eigenvalue weighted by Crippen LogP contribution is 2.29. The Bertz CT molecular complexity index is 537. The molecule has 1 heterocycles. The summed E-state index contributed by atoms with van der Waals surface area (Å²) in [5, 5.41) is 10.1. The topological polar surface area (TPSA) is 75.8 Å². The van der Waals surface area contributed by atoms with Crippen molar-refractivity contribution >= 4 is 5.91 Å². The van der Waals surface area contributed by atoms with Gasteiger partial charge in [0.25, 0.3) is 5.91 Å². The van der Waals surface area contributed by atoms with Crippen molar-refractivity contribution in [2.24, 2.45) is 11.7 Å². The van der Waals surface area contributed by atoms with Gasteiger partial charge in [0.2, 0.25) is 0 Å². The van der Waals surface area contributed by atoms with Gasteiger partial charge in [0.05, 0.1) is 5.60 Å². The fourth-order valence-electron chi connectivity index (χ4n) is 2.76. The van der Waals surface area contributed by atoms with Gasteiger partial charge < -0.3 is 20.5 Å². The van der Waals surface area contributed by atoms with Crippen molar-refractivity contribution in [2.75, 3.05) is 26.2 Å². The number of carbonyl (C=O) groups excluding carboxylic acids is 1. The molecule has 22 heavy (non-hydrogen) atoms. The molecule has 5 heteroatoms. The zero-order valence-corrected chi connectivity index (χ0v) is 13.6. The van der Waals surface area contributed by atoms with Gasteiger partial charge in [-0.3, -0.25) is 4.79 Å². The predicted octanol–water partition coefficient (Wildman–Crippen LogP) is 1.57. The number of nitrogens with zero attached hydrogens (tertiary/aromatic N) is 1. The van der Waals surface area contributed by atoms with Crippen LogP contribution in [0.2, 0.25) is 0 Å². The van der Waals surface area contributed by atoms with Crippen molar-refractivity contribution < 1.29 is 14.6 Å². The first-order valence-electron chi connectivity index (χ1n) is 7.78. The number of benzene rings is 1. The Morgan fingerprint density at radius 1 is 1.50 bits per heavy atom. The van der Waals surface area contributed by atoms with Crippen LogP contribution in [0.5, 0.6) is 5.75 Å². The van der Waals surface area contributed by atoms with Crippen LogP contribution in [0.4, 0.5) is 0 Å². The maximum atomic E-state index is 12.6. The van der Waals surface area contributed by atoms with Crippen LogP contribution in [0, 0.1) is 12.8 Å². The van der Waals surface area contributed by atoms with Crippen molar-refractivity contribution in [1.29, 1.82) is 0 Å². The molecule has 1 saturated heterocycles. The van der Waals surface area contributed by atoms with E-state index >= 15 is 0 Å². The Morgan fingerprint density at radius 3 is 2.82 bits per heavy atom. The van der Waals surface area contributed by atoms with Gasteiger partial charge in [0, 0.05) is 31.1 Å². The SMILES string of the molecule is Cc1ccc(C(=O)N2CC[C@@H](C(C)(C)O)C2)cc1OCCN. The van der Waals surface area contributed by atoms with Crippen LogP contribution < -0.4 is 10.5 Å². The van der Waals surface area contributed by atoms with Crippen LogP contribution in [0.3, 0.4) is 0 Å². The fraction of sp³-hybridized carbons (Fsp3) is 0.588. The second kappa shape index (κ2) is 6.67. The van der Waals surface area contributed by atoms with E-state index in [0.29, 0.717) is 37.6 Å². The number of hydrogen-bond donors (Lipinski definition) is 2. The molecule has 122 valence electrons. The maximum absolute atomic E-state index is 12.6. The first-order valence-corrected chi connectivity index (χ1v) is 7.78. The predicted molar refractivity (Wildman–Crippen MR) is 86.0 cm³/mol. The molecule has 0 unspecified atom stereocenters. The molecular formula is C17H26N2O3. The highest BCUT2D eigenvalue weighted by molar-refractivity contribution is 5.95. The quantitative estimate of drug-likeness (QED) is 0.866. The number of aliphatic hydroxyl groups is 1. The first kappa shape index (κ1) is 16.8. The van der Waals surface area contributed by atoms with Crippen LogP contribution in [-0.2, 0) is 0 Å². The van der Waals surface area contributed by atoms with Gasteiger partial charge in [-0.05, 0) is 44.9 Å². The van der Waals surface area contributed by atoms with E-state index in [4.69, 9.17) is 10.5 Å². The molecule has 3 N–H and O–H groups in total. The van der Waals surface area contributed by atoms with Crippen LogP contribution in [0.1, 0.15) is 36.2 Å². The average Bonchev–Trinajstić information content (AvgIpc) is 2.95. The molecule has 1 aromatic carbocycles. The molecule has 0 radical (unpaired) electrons. The Morgan fingerprint density at radius 2 is 2.23 bits per heavy atom. The lowest BCUT2D eigenvalue weighted by Crippen LogP contribution is -2.35. The summed E-state index contributed by atoms with van der Waals surface area (Å²) >= 11 is 0. The van der Waals surface area contributed by atoms with Gasteiger partial charge in [-0.25, -0.2) is 0 Å². The molecule has 1 amide bonds. The van der Waals surface area contributed by atoms with Crippen LogP contribution in [-0.4, -0.2) is 47.8 Å². The summed E-state index contributed by atoms with van der Waals surface area (Å²) in [5.41, 5.74) is 6.31. The molecule has 1 aliphatic rings. The number of nitrogens with two attached hydrogens (primary N) is 1. The molecule has 2 rings (SSSR count). The second-order valence-corrected chi connectivity index (χ2v) is 6.51. The van der Waals surface area contributed by atoms with Crippen molar-refractivity contribution in [3.05, 3.63) is 29.3 Å². The molecule has 0 bridgehead atoms. The largest absolute Gasteiger partial charge is 0.492 e. The summed E-state index contributed by atoms with van der Waals surface area (Å²) in [5.74, 6) is 0.814. The molecular weight excluding hydrogens is 280 g/mol. The maximum Gasteiger partial charge on any atom is 0.253 e. The summed E-state index contributed by atoms with van der Waals surface area (Å²) in [6, 6.07) is 5.50. The van der Waals surface area contributed by atoms with Gasteiger partial charge in [-0.15, -0.1) is 0 Å². The fourth-order valence-corrected chi connectivity index (χ4v) is 2.76. The lowest BCUT2D eigenvalue weighted by atomic mass is 9.90. The van der Waals surface area contributed by atoms with Gasteiger partial charge in [0.1, 0.15) is 12.4 Å². The summed E-state index contributed by atoms with van der Waals surface area (Å²) in [4.78, 5) is 14.4. The number of amides is 1. The third-order valence-corrected chi connectivity index (χ3v) is 4.29. The molecule has 0 saturated carbocycles. The summed E-state index contributed by atoms with van der Waals surface area (Å²) in [6.07, 6.45) is 0.831. The van der Waals surface area contributed by atoms with E-state index in [1.807, 2.05) is 19.1 Å². The lowest BCUT2D eigenvalue weighted by Gasteiger charge is -2.25. The third-order valence-electron chi connectivity index (χ3n) is 4.29. The van der Waals surface area contributed by atoms with Gasteiger partial charge in [-0.1, -0.05) is 6.07 Å². The minimum atomic E-state index is -0.752. The second-order valence-electron chi connectivity index (χ2n) is 6.51. The minimum Gasteiger partial charge on any atom is -0.492 e. The Labute approximate surface area is 132 Å². The van der Waals surface area contributed by atoms with E-state index in [9.17, 15) is 9.90 Å². The molecule has 5 nitrogen and oxygen atoms in total. The minimum absolute atomic E-state index is 0.00986. The first-order chi connectivity index (χ1) is 10.3. The third kappa shape index (κ3) is 3.78. The zero-order valence-electron chi connectivity index (χ0n) is 13.6. The summed E-state index contributed by atoms with van der Waals surface area (Å²) < 4.78 is 5.58. The molecule has 0 aliphatic carbocycles. The van der Waals surface area contributed by atoms with Crippen LogP contribution >= 0.6 is 0 Å². The summed E-state index contributed by atoms with van der Waals surface area (Å²) in [6.45, 7) is 7.70. The van der Waals surface area contributed by atoms with E-state index in [0.717, 1.165) is 12.0 Å². The Balaban J connectivity index is 2.10. The normalized spacial score (nSPS) is 18.6. The van der Waals surface area contributed by atoms with Crippen molar-refractivity contribution in [3.8, 4) is 5.75 Å². The molecule has 1 atom stereocenters. The van der Waals surface area contributed by atoms with E-state index in [-0.39, 0.29) is 11.8 Å². The smallest absolute Gasteiger partial charge is 0.253 e. The van der Waals surface area contributed by atoms with E-state index in [1.54, 1.807) is 24.8 Å². The monoisotopic (exact) mass is 306 g/mol. The van der Waals surface area contributed by atoms with E-state index in [1.165, 1.54) is 0 Å². The number of hydrogen-bond acceptors (Lipinski definition) is 4. The molecule has 1 aliphatic heterocycles. The van der Waals surface area contributed by atoms with Gasteiger partial charge >= 0.3 is 0 Å². The molecule has 0 aromatic heterocycles. The Hall–Kier alpha value is -1.59. The van der Waals surface area contributed by atoms with Crippen molar-refractivity contribution in [1.82, 2.24) is 4.90 Å². The summed E-state index contributed by atoms with van der Waals surface area (Å²) in [7, 11) is 0. The Kier molecular flexibility index (Phi) is 5.08. The molecule has 1 fully saturated rings. The van der Waals surface area contributed by atoms with Gasteiger partial charge in [-0.2, -0.15) is 0 Å². The van der Waals surface area contributed by atoms with Crippen molar-refractivity contribution in [3.63, 3.8) is 0 Å². The van der Waals surface area contributed by atoms with Crippen molar-refractivity contribution in [2.45, 2.75) is 32.8 Å². The molecule has 0 spiro atoms. The number of aryl methyl sites for hydroxylation is 1. The van der Waals surface area contributed by atoms with E-state index < -0.39 is 5.60 Å². The highest BCUT2D eigenvalue weighted by atomic mass is 16.5. The zero-order chi connectivity index (χ0) is 16.3. The average molecular weight is 306 g/mol. The standard InChI is InChI=1S/C17H26N2O3/c1-12-4-5-13(10-15(12)22-9-7-18)16(20)19-8-6-14(11-19)17(2,3)21/h4-5,10,14,21H,6-9,11,18H2,1-3H3/t14-/m1/s1. The van der Waals surface area contributed by atoms with Crippen LogP contribution in [0.15, 0.2) is 18.2 Å². The molecule has 1 aromatic rings.